The minimum Gasteiger partial charge on any atom is -0.423 e. The molecule has 28 heavy (non-hydrogen) atoms. The molecule has 150 valence electrons. The number of carbonyl (C=O) groups is 1. The Morgan fingerprint density at radius 1 is 1.11 bits per heavy atom. The molecule has 0 N–H and O–H groups in total. The Balaban J connectivity index is 1.60. The van der Waals surface area contributed by atoms with Crippen molar-refractivity contribution in [2.45, 2.75) is 45.1 Å². The summed E-state index contributed by atoms with van der Waals surface area (Å²) in [7, 11) is 0. The minimum atomic E-state index is -1.56. The van der Waals surface area contributed by atoms with Gasteiger partial charge in [0.2, 0.25) is 0 Å². The van der Waals surface area contributed by atoms with E-state index in [0.717, 1.165) is 11.1 Å². The van der Waals surface area contributed by atoms with Gasteiger partial charge >= 0.3 is 5.97 Å². The summed E-state index contributed by atoms with van der Waals surface area (Å²) in [6, 6.07) is 11.8. The highest BCUT2D eigenvalue weighted by atomic mass is 19.1. The molecule has 2 aromatic rings. The number of benzene rings is 2. The van der Waals surface area contributed by atoms with Crippen LogP contribution >= 0.6 is 0 Å². The third-order valence-electron chi connectivity index (χ3n) is 4.72. The van der Waals surface area contributed by atoms with Gasteiger partial charge < -0.3 is 14.2 Å². The van der Waals surface area contributed by atoms with Crippen LogP contribution in [0.5, 0.6) is 5.75 Å². The fraction of sp³-hybridized carbons (Fsp3) is 0.409. The summed E-state index contributed by atoms with van der Waals surface area (Å²) in [5, 5.41) is 0. The molecule has 0 aromatic heterocycles. The van der Waals surface area contributed by atoms with Crippen LogP contribution in [0.3, 0.4) is 0 Å². The van der Waals surface area contributed by atoms with Gasteiger partial charge in [0, 0.05) is 0 Å². The third kappa shape index (κ3) is 4.75. The van der Waals surface area contributed by atoms with E-state index in [4.69, 9.17) is 14.2 Å². The Morgan fingerprint density at radius 2 is 1.75 bits per heavy atom. The number of alkyl halides is 1. The highest BCUT2D eigenvalue weighted by molar-refractivity contribution is 5.76. The van der Waals surface area contributed by atoms with Gasteiger partial charge in [-0.1, -0.05) is 44.5 Å². The van der Waals surface area contributed by atoms with Gasteiger partial charge in [-0.05, 0) is 47.7 Å². The van der Waals surface area contributed by atoms with Crippen LogP contribution in [0.15, 0.2) is 42.5 Å². The van der Waals surface area contributed by atoms with Crippen LogP contribution in [0.4, 0.5) is 8.78 Å². The molecule has 0 bridgehead atoms. The molecule has 0 saturated carbocycles. The minimum absolute atomic E-state index is 0.196. The summed E-state index contributed by atoms with van der Waals surface area (Å²) in [6.45, 7) is 3.38. The number of hydrogen-bond acceptors (Lipinski definition) is 4. The molecule has 1 fully saturated rings. The van der Waals surface area contributed by atoms with E-state index in [2.05, 4.69) is 0 Å². The summed E-state index contributed by atoms with van der Waals surface area (Å²) in [6.07, 6.45) is 0.371. The maximum absolute atomic E-state index is 14.3. The molecule has 2 aromatic carbocycles. The first-order valence-electron chi connectivity index (χ1n) is 9.47. The number of halogens is 2. The molecular formula is C22H24F2O4. The Labute approximate surface area is 163 Å². The van der Waals surface area contributed by atoms with Crippen molar-refractivity contribution in [3.05, 3.63) is 53.8 Å². The molecule has 3 rings (SSSR count). The molecule has 1 aliphatic heterocycles. The average molecular weight is 390 g/mol. The molecule has 1 aliphatic rings. The van der Waals surface area contributed by atoms with Crippen molar-refractivity contribution in [1.29, 1.82) is 0 Å². The van der Waals surface area contributed by atoms with E-state index in [0.29, 0.717) is 30.6 Å². The Morgan fingerprint density at radius 3 is 2.32 bits per heavy atom. The number of carbonyl (C=O) groups excluding carboxylic acids is 1. The zero-order chi connectivity index (χ0) is 20.1. The van der Waals surface area contributed by atoms with Gasteiger partial charge in [-0.25, -0.2) is 13.6 Å². The second-order valence-electron chi connectivity index (χ2n) is 6.96. The van der Waals surface area contributed by atoms with E-state index in [1.54, 1.807) is 30.3 Å². The van der Waals surface area contributed by atoms with Crippen LogP contribution in [0.1, 0.15) is 32.3 Å². The quantitative estimate of drug-likeness (QED) is 0.523. The van der Waals surface area contributed by atoms with Crippen LogP contribution in [0, 0.1) is 5.82 Å². The van der Waals surface area contributed by atoms with E-state index in [-0.39, 0.29) is 19.0 Å². The smallest absolute Gasteiger partial charge is 0.368 e. The van der Waals surface area contributed by atoms with Crippen LogP contribution in [0.25, 0.3) is 11.1 Å². The molecule has 0 aliphatic carbocycles. The van der Waals surface area contributed by atoms with Crippen molar-refractivity contribution < 1.29 is 27.8 Å². The largest absolute Gasteiger partial charge is 0.423 e. The molecule has 1 heterocycles. The molecule has 0 unspecified atom stereocenters. The number of rotatable bonds is 6. The third-order valence-corrected chi connectivity index (χ3v) is 4.72. The number of hydrogen-bond donors (Lipinski definition) is 0. The average Bonchev–Trinajstić information content (AvgIpc) is 2.69. The zero-order valence-corrected chi connectivity index (χ0v) is 16.0. The summed E-state index contributed by atoms with van der Waals surface area (Å²) in [5.74, 6) is -0.670. The topological polar surface area (TPSA) is 44.8 Å². The monoisotopic (exact) mass is 390 g/mol. The van der Waals surface area contributed by atoms with Gasteiger partial charge in [-0.2, -0.15) is 0 Å². The first-order valence-corrected chi connectivity index (χ1v) is 9.47. The van der Waals surface area contributed by atoms with Gasteiger partial charge in [0.05, 0.1) is 13.2 Å². The van der Waals surface area contributed by atoms with E-state index in [1.807, 2.05) is 19.9 Å². The predicted molar refractivity (Wildman–Crippen MR) is 101 cm³/mol. The molecule has 0 amide bonds. The van der Waals surface area contributed by atoms with Crippen molar-refractivity contribution in [2.75, 3.05) is 13.2 Å². The lowest BCUT2D eigenvalue weighted by atomic mass is 10.0. The van der Waals surface area contributed by atoms with Crippen LogP contribution in [0.2, 0.25) is 0 Å². The molecule has 0 atom stereocenters. The van der Waals surface area contributed by atoms with E-state index < -0.39 is 17.9 Å². The fourth-order valence-electron chi connectivity index (χ4n) is 3.16. The van der Waals surface area contributed by atoms with Crippen molar-refractivity contribution >= 4 is 5.97 Å². The van der Waals surface area contributed by atoms with Gasteiger partial charge in [0.15, 0.2) is 5.67 Å². The Hall–Kier alpha value is -2.31. The standard InChI is InChI=1S/C22H24F2O4/c1-3-11-22(24)13-26-21(27-14-22)20(25)28-18-9-7-16(8-10-18)17-6-5-15(4-2)19(23)12-17/h5-10,12,21H,3-4,11,13-14H2,1-2H3. The normalized spacial score (nSPS) is 22.1. The second kappa shape index (κ2) is 8.80. The Bertz CT molecular complexity index is 812. The van der Waals surface area contributed by atoms with E-state index in [9.17, 15) is 13.6 Å². The van der Waals surface area contributed by atoms with E-state index in [1.165, 1.54) is 6.07 Å². The molecule has 0 radical (unpaired) electrons. The van der Waals surface area contributed by atoms with Crippen LogP contribution in [-0.4, -0.2) is 31.1 Å². The summed E-state index contributed by atoms with van der Waals surface area (Å²) in [5.41, 5.74) is 0.642. The molecule has 0 spiro atoms. The number of ether oxygens (including phenoxy) is 3. The van der Waals surface area contributed by atoms with Crippen molar-refractivity contribution in [2.24, 2.45) is 0 Å². The highest BCUT2D eigenvalue weighted by Crippen LogP contribution is 2.27. The fourth-order valence-corrected chi connectivity index (χ4v) is 3.16. The summed E-state index contributed by atoms with van der Waals surface area (Å²) in [4.78, 5) is 12.2. The van der Waals surface area contributed by atoms with Crippen molar-refractivity contribution in [3.8, 4) is 16.9 Å². The zero-order valence-electron chi connectivity index (χ0n) is 16.0. The molecular weight excluding hydrogens is 366 g/mol. The van der Waals surface area contributed by atoms with Crippen LogP contribution in [-0.2, 0) is 20.7 Å². The highest BCUT2D eigenvalue weighted by Gasteiger charge is 2.39. The lowest BCUT2D eigenvalue weighted by Crippen LogP contribution is -2.47. The summed E-state index contributed by atoms with van der Waals surface area (Å²) < 4.78 is 43.9. The molecule has 6 heteroatoms. The van der Waals surface area contributed by atoms with Gasteiger partial charge in [-0.15, -0.1) is 0 Å². The molecule has 1 saturated heterocycles. The summed E-state index contributed by atoms with van der Waals surface area (Å²) >= 11 is 0. The Kier molecular flexibility index (Phi) is 6.42. The van der Waals surface area contributed by atoms with Gasteiger partial charge in [0.1, 0.15) is 11.6 Å². The SMILES string of the molecule is CCCC1(F)COC(C(=O)Oc2ccc(-c3ccc(CC)c(F)c3)cc2)OC1. The maximum atomic E-state index is 14.3. The lowest BCUT2D eigenvalue weighted by Gasteiger charge is -2.32. The van der Waals surface area contributed by atoms with Crippen molar-refractivity contribution in [3.63, 3.8) is 0 Å². The van der Waals surface area contributed by atoms with Crippen molar-refractivity contribution in [1.82, 2.24) is 0 Å². The van der Waals surface area contributed by atoms with Gasteiger partial charge in [0.25, 0.3) is 6.29 Å². The number of aryl methyl sites for hydroxylation is 1. The lowest BCUT2D eigenvalue weighted by molar-refractivity contribution is -0.237. The molecule has 4 nitrogen and oxygen atoms in total. The first kappa shape index (κ1) is 20.4. The number of esters is 1. The first-order chi connectivity index (χ1) is 13.4. The van der Waals surface area contributed by atoms with E-state index >= 15 is 0 Å². The second-order valence-corrected chi connectivity index (χ2v) is 6.96. The van der Waals surface area contributed by atoms with Gasteiger partial charge in [-0.3, -0.25) is 0 Å². The predicted octanol–water partition coefficient (Wildman–Crippen LogP) is 4.84. The van der Waals surface area contributed by atoms with Crippen LogP contribution < -0.4 is 4.74 Å². The maximum Gasteiger partial charge on any atom is 0.368 e.